The quantitative estimate of drug-likeness (QED) is 0.546. The van der Waals surface area contributed by atoms with Crippen molar-refractivity contribution >= 4 is 17.5 Å². The summed E-state index contributed by atoms with van der Waals surface area (Å²) in [5.41, 5.74) is 1.89. The fourth-order valence-corrected chi connectivity index (χ4v) is 5.55. The fraction of sp³-hybridized carbons (Fsp3) is 0.483. The third-order valence-electron chi connectivity index (χ3n) is 7.67. The van der Waals surface area contributed by atoms with Gasteiger partial charge in [0.1, 0.15) is 12.4 Å². The van der Waals surface area contributed by atoms with E-state index in [0.29, 0.717) is 44.0 Å². The number of hydrazone groups is 1. The summed E-state index contributed by atoms with van der Waals surface area (Å²) >= 11 is 0. The highest BCUT2D eigenvalue weighted by Gasteiger charge is 2.36. The Morgan fingerprint density at radius 3 is 2.43 bits per heavy atom. The lowest BCUT2D eigenvalue weighted by Gasteiger charge is -2.32. The minimum absolute atomic E-state index is 0.0153. The monoisotopic (exact) mass is 506 g/mol. The Bertz CT molecular complexity index is 1110. The standard InChI is InChI=1S/C29H35FN4O3/c30-25-13-7-6-12-24(25)26-20-27(22-8-2-1-3-9-22)34(31-26)28(35)21-33(29(36)23-10-4-5-11-23)15-14-32-16-18-37-19-17-32/h1-3,6-9,12-13,23,27H,4-5,10-11,14-21H2/t27-/m0/s1. The van der Waals surface area contributed by atoms with Crippen molar-refractivity contribution in [2.75, 3.05) is 45.9 Å². The number of amides is 2. The zero-order valence-corrected chi connectivity index (χ0v) is 21.2. The molecule has 0 spiro atoms. The number of carbonyl (C=O) groups excluding carboxylic acids is 2. The van der Waals surface area contributed by atoms with Crippen LogP contribution in [0.3, 0.4) is 0 Å². The number of nitrogens with zero attached hydrogens (tertiary/aromatic N) is 4. The number of rotatable bonds is 8. The maximum absolute atomic E-state index is 14.6. The topological polar surface area (TPSA) is 65.5 Å². The normalized spacial score (nSPS) is 20.7. The maximum atomic E-state index is 14.6. The van der Waals surface area contributed by atoms with Gasteiger partial charge in [-0.2, -0.15) is 5.10 Å². The van der Waals surface area contributed by atoms with Crippen molar-refractivity contribution in [2.24, 2.45) is 11.0 Å². The van der Waals surface area contributed by atoms with E-state index in [4.69, 9.17) is 4.74 Å². The molecule has 1 saturated heterocycles. The molecule has 0 N–H and O–H groups in total. The first-order chi connectivity index (χ1) is 18.1. The van der Waals surface area contributed by atoms with Crippen LogP contribution in [0, 0.1) is 11.7 Å². The van der Waals surface area contributed by atoms with Crippen molar-refractivity contribution in [1.82, 2.24) is 14.8 Å². The first-order valence-corrected chi connectivity index (χ1v) is 13.4. The third-order valence-corrected chi connectivity index (χ3v) is 7.67. The Balaban J connectivity index is 1.37. The van der Waals surface area contributed by atoms with Crippen LogP contribution in [0.1, 0.15) is 49.3 Å². The van der Waals surface area contributed by atoms with Crippen LogP contribution in [0.5, 0.6) is 0 Å². The van der Waals surface area contributed by atoms with E-state index >= 15 is 0 Å². The van der Waals surface area contributed by atoms with Crippen molar-refractivity contribution in [3.8, 4) is 0 Å². The molecule has 3 aliphatic rings. The molecule has 0 unspecified atom stereocenters. The lowest BCUT2D eigenvalue weighted by atomic mass is 9.98. The summed E-state index contributed by atoms with van der Waals surface area (Å²) in [5, 5.41) is 6.11. The summed E-state index contributed by atoms with van der Waals surface area (Å²) in [7, 11) is 0. The summed E-state index contributed by atoms with van der Waals surface area (Å²) in [6.45, 7) is 4.22. The van der Waals surface area contributed by atoms with E-state index < -0.39 is 0 Å². The van der Waals surface area contributed by atoms with Crippen LogP contribution >= 0.6 is 0 Å². The van der Waals surface area contributed by atoms with Crippen LogP contribution in [0.25, 0.3) is 0 Å². The minimum atomic E-state index is -0.356. The van der Waals surface area contributed by atoms with Gasteiger partial charge in [-0.05, 0) is 24.5 Å². The van der Waals surface area contributed by atoms with E-state index in [1.54, 1.807) is 23.1 Å². The zero-order valence-electron chi connectivity index (χ0n) is 21.2. The lowest BCUT2D eigenvalue weighted by molar-refractivity contribution is -0.144. The molecule has 1 saturated carbocycles. The summed E-state index contributed by atoms with van der Waals surface area (Å²) in [6.07, 6.45) is 4.29. The van der Waals surface area contributed by atoms with Crippen molar-refractivity contribution in [3.05, 3.63) is 71.5 Å². The van der Waals surface area contributed by atoms with Gasteiger partial charge < -0.3 is 9.64 Å². The van der Waals surface area contributed by atoms with Crippen molar-refractivity contribution in [1.29, 1.82) is 0 Å². The van der Waals surface area contributed by atoms with Crippen LogP contribution in [-0.4, -0.2) is 78.3 Å². The molecule has 0 aromatic heterocycles. The first-order valence-electron chi connectivity index (χ1n) is 13.4. The smallest absolute Gasteiger partial charge is 0.262 e. The zero-order chi connectivity index (χ0) is 25.6. The number of hydrogen-bond acceptors (Lipinski definition) is 5. The molecule has 0 bridgehead atoms. The van der Waals surface area contributed by atoms with Crippen LogP contribution in [0.15, 0.2) is 59.7 Å². The van der Waals surface area contributed by atoms with E-state index in [2.05, 4.69) is 10.0 Å². The third kappa shape index (κ3) is 6.08. The van der Waals surface area contributed by atoms with Crippen LogP contribution in [0.2, 0.25) is 0 Å². The summed E-state index contributed by atoms with van der Waals surface area (Å²) < 4.78 is 20.1. The molecular weight excluding hydrogens is 471 g/mol. The second kappa shape index (κ2) is 12.0. The highest BCUT2D eigenvalue weighted by Crippen LogP contribution is 2.34. The largest absolute Gasteiger partial charge is 0.379 e. The number of hydrogen-bond donors (Lipinski definition) is 0. The number of ether oxygens (including phenoxy) is 1. The van der Waals surface area contributed by atoms with Gasteiger partial charge in [-0.25, -0.2) is 9.40 Å². The predicted octanol–water partition coefficient (Wildman–Crippen LogP) is 3.85. The summed E-state index contributed by atoms with van der Waals surface area (Å²) in [6, 6.07) is 15.9. The highest BCUT2D eigenvalue weighted by molar-refractivity contribution is 6.03. The number of morpholine rings is 1. The predicted molar refractivity (Wildman–Crippen MR) is 139 cm³/mol. The van der Waals surface area contributed by atoms with Gasteiger partial charge in [0.25, 0.3) is 5.91 Å². The number of benzene rings is 2. The van der Waals surface area contributed by atoms with Gasteiger partial charge >= 0.3 is 0 Å². The van der Waals surface area contributed by atoms with Gasteiger partial charge in [0.15, 0.2) is 0 Å². The van der Waals surface area contributed by atoms with Gasteiger partial charge in [0.05, 0.1) is 25.0 Å². The van der Waals surface area contributed by atoms with Crippen molar-refractivity contribution < 1.29 is 18.7 Å². The first kappa shape index (κ1) is 25.5. The molecule has 2 fully saturated rings. The second-order valence-corrected chi connectivity index (χ2v) is 10.1. The molecule has 0 radical (unpaired) electrons. The van der Waals surface area contributed by atoms with Crippen LogP contribution in [-0.2, 0) is 14.3 Å². The maximum Gasteiger partial charge on any atom is 0.262 e. The summed E-state index contributed by atoms with van der Waals surface area (Å²) in [4.78, 5) is 31.3. The van der Waals surface area contributed by atoms with E-state index in [1.165, 1.54) is 11.1 Å². The van der Waals surface area contributed by atoms with Crippen LogP contribution in [0.4, 0.5) is 4.39 Å². The molecule has 2 heterocycles. The molecule has 1 atom stereocenters. The minimum Gasteiger partial charge on any atom is -0.379 e. The number of carbonyl (C=O) groups is 2. The molecule has 1 aliphatic carbocycles. The Hall–Kier alpha value is -3.10. The number of halogens is 1. The van der Waals surface area contributed by atoms with Gasteiger partial charge in [0.2, 0.25) is 5.91 Å². The van der Waals surface area contributed by atoms with Crippen molar-refractivity contribution in [3.63, 3.8) is 0 Å². The highest BCUT2D eigenvalue weighted by atomic mass is 19.1. The Labute approximate surface area is 217 Å². The molecule has 8 heteroatoms. The summed E-state index contributed by atoms with van der Waals surface area (Å²) in [5.74, 6) is -0.550. The Morgan fingerprint density at radius 1 is 1.00 bits per heavy atom. The van der Waals surface area contributed by atoms with Gasteiger partial charge in [0, 0.05) is 44.1 Å². The fourth-order valence-electron chi connectivity index (χ4n) is 5.55. The van der Waals surface area contributed by atoms with E-state index in [0.717, 1.165) is 44.3 Å². The molecule has 2 aromatic carbocycles. The molecule has 196 valence electrons. The van der Waals surface area contributed by atoms with Gasteiger partial charge in [-0.3, -0.25) is 14.5 Å². The SMILES string of the molecule is O=C(C1CCCC1)N(CCN1CCOCC1)CC(=O)N1N=C(c2ccccc2F)C[C@H]1c1ccccc1. The molecule has 2 aromatic rings. The van der Waals surface area contributed by atoms with E-state index in [9.17, 15) is 14.0 Å². The van der Waals surface area contributed by atoms with Crippen molar-refractivity contribution in [2.45, 2.75) is 38.1 Å². The molecule has 37 heavy (non-hydrogen) atoms. The van der Waals surface area contributed by atoms with Gasteiger partial charge in [-0.1, -0.05) is 61.4 Å². The Kier molecular flexibility index (Phi) is 8.26. The van der Waals surface area contributed by atoms with E-state index in [1.807, 2.05) is 30.3 Å². The molecular formula is C29H35FN4O3. The average Bonchev–Trinajstić information content (AvgIpc) is 3.63. The molecule has 5 rings (SSSR count). The van der Waals surface area contributed by atoms with E-state index in [-0.39, 0.29) is 36.1 Å². The molecule has 2 amide bonds. The van der Waals surface area contributed by atoms with Gasteiger partial charge in [-0.15, -0.1) is 0 Å². The molecule has 2 aliphatic heterocycles. The average molecular weight is 507 g/mol. The lowest BCUT2D eigenvalue weighted by Crippen LogP contribution is -2.47. The molecule has 7 nitrogen and oxygen atoms in total. The van der Waals surface area contributed by atoms with Crippen LogP contribution < -0.4 is 0 Å². The Morgan fingerprint density at radius 2 is 1.70 bits per heavy atom. The second-order valence-electron chi connectivity index (χ2n) is 10.1.